The van der Waals surface area contributed by atoms with E-state index in [1.807, 2.05) is 0 Å². The van der Waals surface area contributed by atoms with Gasteiger partial charge >= 0.3 is 6.09 Å². The molecule has 0 aromatic rings. The number of hydrogen-bond donors (Lipinski definition) is 4. The number of nitrogens with two attached hydrogens (primary N) is 1. The first-order chi connectivity index (χ1) is 6.49. The number of aliphatic hydroxyl groups is 3. The van der Waals surface area contributed by atoms with Gasteiger partial charge in [-0.25, -0.2) is 4.79 Å². The van der Waals surface area contributed by atoms with E-state index in [2.05, 4.69) is 4.74 Å². The topological polar surface area (TPSA) is 116 Å². The Morgan fingerprint density at radius 1 is 1.43 bits per heavy atom. The molecule has 82 valence electrons. The summed E-state index contributed by atoms with van der Waals surface area (Å²) in [4.78, 5) is 12.1. The van der Waals surface area contributed by atoms with Gasteiger partial charge in [0, 0.05) is 0 Å². The SMILES string of the molecule is COC(=O)N1C[C@@H](O)[C@H](O)[C@H](O)[C@H]1N. The van der Waals surface area contributed by atoms with Crippen molar-refractivity contribution in [1.82, 2.24) is 4.90 Å². The maximum atomic E-state index is 11.1. The molecule has 4 atom stereocenters. The molecule has 0 aliphatic carbocycles. The van der Waals surface area contributed by atoms with Crippen molar-refractivity contribution in [2.24, 2.45) is 5.73 Å². The van der Waals surface area contributed by atoms with E-state index in [0.29, 0.717) is 0 Å². The first kappa shape index (κ1) is 11.2. The average molecular weight is 206 g/mol. The van der Waals surface area contributed by atoms with Gasteiger partial charge in [-0.2, -0.15) is 0 Å². The van der Waals surface area contributed by atoms with Crippen molar-refractivity contribution in [3.05, 3.63) is 0 Å². The van der Waals surface area contributed by atoms with Crippen molar-refractivity contribution in [2.75, 3.05) is 13.7 Å². The van der Waals surface area contributed by atoms with Crippen molar-refractivity contribution < 1.29 is 24.9 Å². The molecule has 0 bridgehead atoms. The Morgan fingerprint density at radius 2 is 2.00 bits per heavy atom. The number of amides is 1. The Bertz CT molecular complexity index is 224. The Hall–Kier alpha value is -0.890. The molecular weight excluding hydrogens is 192 g/mol. The molecule has 1 amide bonds. The Kier molecular flexibility index (Phi) is 3.27. The minimum Gasteiger partial charge on any atom is -0.453 e. The molecule has 0 aromatic carbocycles. The van der Waals surface area contributed by atoms with E-state index in [-0.39, 0.29) is 6.54 Å². The molecule has 0 unspecified atom stereocenters. The molecular formula is C7H14N2O5. The molecule has 1 aliphatic rings. The van der Waals surface area contributed by atoms with E-state index >= 15 is 0 Å². The molecule has 0 aromatic heterocycles. The zero-order chi connectivity index (χ0) is 10.9. The molecule has 1 heterocycles. The maximum absolute atomic E-state index is 11.1. The summed E-state index contributed by atoms with van der Waals surface area (Å²) in [6.45, 7) is -0.161. The van der Waals surface area contributed by atoms with E-state index < -0.39 is 30.6 Å². The number of hydrogen-bond acceptors (Lipinski definition) is 6. The number of carbonyl (C=O) groups excluding carboxylic acids is 1. The third kappa shape index (κ3) is 1.80. The zero-order valence-electron chi connectivity index (χ0n) is 7.70. The Labute approximate surface area is 80.7 Å². The second kappa shape index (κ2) is 4.09. The number of β-amino-alcohol motifs (C(OH)–C–C–N with tert-alkyl or cyclic N) is 1. The van der Waals surface area contributed by atoms with Crippen LogP contribution in [0.4, 0.5) is 4.79 Å². The van der Waals surface area contributed by atoms with Crippen LogP contribution in [0.25, 0.3) is 0 Å². The summed E-state index contributed by atoms with van der Waals surface area (Å²) < 4.78 is 4.40. The zero-order valence-corrected chi connectivity index (χ0v) is 7.70. The largest absolute Gasteiger partial charge is 0.453 e. The summed E-state index contributed by atoms with van der Waals surface area (Å²) in [5, 5.41) is 27.8. The van der Waals surface area contributed by atoms with E-state index in [1.165, 1.54) is 7.11 Å². The lowest BCUT2D eigenvalue weighted by atomic mass is 10.00. The van der Waals surface area contributed by atoms with Crippen molar-refractivity contribution in [3.8, 4) is 0 Å². The summed E-state index contributed by atoms with van der Waals surface area (Å²) in [6, 6.07) is 0. The van der Waals surface area contributed by atoms with Crippen LogP contribution in [0.1, 0.15) is 0 Å². The van der Waals surface area contributed by atoms with Crippen LogP contribution < -0.4 is 5.73 Å². The number of likely N-dealkylation sites (tertiary alicyclic amines) is 1. The van der Waals surface area contributed by atoms with Crippen LogP contribution in [0.3, 0.4) is 0 Å². The molecule has 0 saturated carbocycles. The first-order valence-electron chi connectivity index (χ1n) is 4.13. The highest BCUT2D eigenvalue weighted by atomic mass is 16.5. The fourth-order valence-corrected chi connectivity index (χ4v) is 1.36. The Balaban J connectivity index is 2.75. The predicted octanol–water partition coefficient (Wildman–Crippen LogP) is -2.56. The second-order valence-electron chi connectivity index (χ2n) is 3.16. The van der Waals surface area contributed by atoms with Gasteiger partial charge in [0.2, 0.25) is 0 Å². The van der Waals surface area contributed by atoms with E-state index in [9.17, 15) is 20.1 Å². The molecule has 1 fully saturated rings. The lowest BCUT2D eigenvalue weighted by molar-refractivity contribution is -0.128. The summed E-state index contributed by atoms with van der Waals surface area (Å²) >= 11 is 0. The van der Waals surface area contributed by atoms with Gasteiger partial charge in [-0.05, 0) is 0 Å². The van der Waals surface area contributed by atoms with Gasteiger partial charge in [0.1, 0.15) is 24.5 Å². The van der Waals surface area contributed by atoms with E-state index in [0.717, 1.165) is 4.90 Å². The molecule has 1 aliphatic heterocycles. The number of ether oxygens (including phenoxy) is 1. The van der Waals surface area contributed by atoms with Crippen molar-refractivity contribution in [3.63, 3.8) is 0 Å². The fourth-order valence-electron chi connectivity index (χ4n) is 1.36. The van der Waals surface area contributed by atoms with Gasteiger partial charge in [-0.15, -0.1) is 0 Å². The standard InChI is InChI=1S/C7H14N2O5/c1-14-7(13)9-2-3(10)4(11)5(12)6(9)8/h3-6,10-12H,2,8H2,1H3/t3-,4+,5+,6+/m1/s1. The number of aliphatic hydroxyl groups excluding tert-OH is 3. The second-order valence-corrected chi connectivity index (χ2v) is 3.16. The third-order valence-corrected chi connectivity index (χ3v) is 2.25. The predicted molar refractivity (Wildman–Crippen MR) is 45.1 cm³/mol. The minimum atomic E-state index is -1.38. The average Bonchev–Trinajstić information content (AvgIpc) is 2.19. The molecule has 0 spiro atoms. The minimum absolute atomic E-state index is 0.161. The van der Waals surface area contributed by atoms with Gasteiger partial charge < -0.3 is 25.8 Å². The van der Waals surface area contributed by atoms with Crippen LogP contribution in [0, 0.1) is 0 Å². The van der Waals surface area contributed by atoms with Gasteiger partial charge in [0.15, 0.2) is 0 Å². The molecule has 1 rings (SSSR count). The van der Waals surface area contributed by atoms with Crippen LogP contribution in [0.15, 0.2) is 0 Å². The molecule has 1 saturated heterocycles. The highest BCUT2D eigenvalue weighted by molar-refractivity contribution is 5.68. The van der Waals surface area contributed by atoms with Crippen LogP contribution in [0.2, 0.25) is 0 Å². The Morgan fingerprint density at radius 3 is 2.50 bits per heavy atom. The van der Waals surface area contributed by atoms with Gasteiger partial charge in [0.25, 0.3) is 0 Å². The summed E-state index contributed by atoms with van der Waals surface area (Å²) in [5.74, 6) is 0. The molecule has 0 radical (unpaired) electrons. The normalized spacial score (nSPS) is 38.2. The third-order valence-electron chi connectivity index (χ3n) is 2.25. The first-order valence-corrected chi connectivity index (χ1v) is 4.13. The summed E-state index contributed by atoms with van der Waals surface area (Å²) in [7, 11) is 1.17. The van der Waals surface area contributed by atoms with Crippen LogP contribution >= 0.6 is 0 Å². The smallest absolute Gasteiger partial charge is 0.410 e. The van der Waals surface area contributed by atoms with Gasteiger partial charge in [-0.1, -0.05) is 0 Å². The highest BCUT2D eigenvalue weighted by Crippen LogP contribution is 2.16. The maximum Gasteiger partial charge on any atom is 0.410 e. The number of carbonyl (C=O) groups is 1. The highest BCUT2D eigenvalue weighted by Gasteiger charge is 2.41. The number of piperidine rings is 1. The van der Waals surface area contributed by atoms with E-state index in [4.69, 9.17) is 5.73 Å². The molecule has 7 nitrogen and oxygen atoms in total. The van der Waals surface area contributed by atoms with Crippen molar-refractivity contribution >= 4 is 6.09 Å². The van der Waals surface area contributed by atoms with Crippen LogP contribution in [0.5, 0.6) is 0 Å². The van der Waals surface area contributed by atoms with Crippen molar-refractivity contribution in [1.29, 1.82) is 0 Å². The van der Waals surface area contributed by atoms with Gasteiger partial charge in [-0.3, -0.25) is 4.90 Å². The number of methoxy groups -OCH3 is 1. The quantitative estimate of drug-likeness (QED) is 0.346. The summed E-state index contributed by atoms with van der Waals surface area (Å²) in [5.41, 5.74) is 5.46. The lowest BCUT2D eigenvalue weighted by Crippen LogP contribution is -2.65. The number of rotatable bonds is 0. The molecule has 7 heteroatoms. The summed E-state index contributed by atoms with van der Waals surface area (Å²) in [6.07, 6.45) is -5.75. The van der Waals surface area contributed by atoms with Crippen LogP contribution in [-0.4, -0.2) is 64.4 Å². The molecule has 5 N–H and O–H groups in total. The van der Waals surface area contributed by atoms with Crippen LogP contribution in [-0.2, 0) is 4.74 Å². The molecule has 14 heavy (non-hydrogen) atoms. The van der Waals surface area contributed by atoms with Crippen molar-refractivity contribution in [2.45, 2.75) is 24.5 Å². The van der Waals surface area contributed by atoms with E-state index in [1.54, 1.807) is 0 Å². The number of nitrogens with zero attached hydrogens (tertiary/aromatic N) is 1. The van der Waals surface area contributed by atoms with Gasteiger partial charge in [0.05, 0.1) is 13.7 Å². The lowest BCUT2D eigenvalue weighted by Gasteiger charge is -2.40. The monoisotopic (exact) mass is 206 g/mol. The fraction of sp³-hybridized carbons (Fsp3) is 0.857.